The van der Waals surface area contributed by atoms with Crippen LogP contribution < -0.4 is 5.32 Å². The van der Waals surface area contributed by atoms with Crippen molar-refractivity contribution in [1.82, 2.24) is 5.32 Å². The first kappa shape index (κ1) is 15.2. The molecular formula is C15H17Br2NS. The molecule has 1 atom stereocenters. The lowest BCUT2D eigenvalue weighted by Crippen LogP contribution is -2.23. The van der Waals surface area contributed by atoms with Gasteiger partial charge in [-0.2, -0.15) is 0 Å². The van der Waals surface area contributed by atoms with Gasteiger partial charge in [-0.1, -0.05) is 38.8 Å². The first-order valence-corrected chi connectivity index (χ1v) is 8.81. The summed E-state index contributed by atoms with van der Waals surface area (Å²) in [4.78, 5) is 1.35. The van der Waals surface area contributed by atoms with Crippen LogP contribution in [0.15, 0.2) is 38.6 Å². The fraction of sp³-hybridized carbons (Fsp3) is 0.333. The van der Waals surface area contributed by atoms with E-state index in [9.17, 15) is 0 Å². The second kappa shape index (κ2) is 7.02. The highest BCUT2D eigenvalue weighted by molar-refractivity contribution is 9.11. The third-order valence-corrected chi connectivity index (χ3v) is 5.05. The lowest BCUT2D eigenvalue weighted by Gasteiger charge is -2.20. The zero-order valence-corrected chi connectivity index (χ0v) is 15.0. The van der Waals surface area contributed by atoms with Gasteiger partial charge in [-0.05, 0) is 60.7 Å². The number of nitrogens with one attached hydrogen (secondary N) is 1. The number of hydrogen-bond donors (Lipinski definition) is 1. The van der Waals surface area contributed by atoms with Gasteiger partial charge in [0.1, 0.15) is 0 Å². The molecule has 19 heavy (non-hydrogen) atoms. The summed E-state index contributed by atoms with van der Waals surface area (Å²) in [6, 6.07) is 8.86. The van der Waals surface area contributed by atoms with Crippen molar-refractivity contribution in [3.63, 3.8) is 0 Å². The number of thiophene rings is 1. The first-order chi connectivity index (χ1) is 9.11. The molecule has 0 radical (unpaired) electrons. The van der Waals surface area contributed by atoms with Crippen molar-refractivity contribution in [3.8, 4) is 0 Å². The largest absolute Gasteiger partial charge is 0.306 e. The molecule has 0 fully saturated rings. The standard InChI is InChI=1S/C15H17Br2NS/c1-3-6-18-15(11-7-10(2)19-9-11)13-8-12(16)4-5-14(13)17/h4-5,7-9,15,18H,3,6H2,1-2H3. The summed E-state index contributed by atoms with van der Waals surface area (Å²) < 4.78 is 2.26. The van der Waals surface area contributed by atoms with E-state index in [-0.39, 0.29) is 6.04 Å². The van der Waals surface area contributed by atoms with E-state index in [1.165, 1.54) is 16.0 Å². The van der Waals surface area contributed by atoms with Crippen LogP contribution in [-0.2, 0) is 0 Å². The minimum absolute atomic E-state index is 0.247. The Morgan fingerprint density at radius 3 is 2.68 bits per heavy atom. The van der Waals surface area contributed by atoms with Crippen LogP contribution in [-0.4, -0.2) is 6.54 Å². The molecule has 0 aliphatic heterocycles. The number of hydrogen-bond acceptors (Lipinski definition) is 2. The first-order valence-electron chi connectivity index (χ1n) is 6.35. The second-order valence-electron chi connectivity index (χ2n) is 4.54. The summed E-state index contributed by atoms with van der Waals surface area (Å²) in [5.41, 5.74) is 2.62. The van der Waals surface area contributed by atoms with Gasteiger partial charge in [0, 0.05) is 13.8 Å². The van der Waals surface area contributed by atoms with Gasteiger partial charge in [0.15, 0.2) is 0 Å². The highest BCUT2D eigenvalue weighted by atomic mass is 79.9. The predicted octanol–water partition coefficient (Wildman–Crippen LogP) is 5.67. The van der Waals surface area contributed by atoms with Crippen molar-refractivity contribution in [3.05, 3.63) is 54.6 Å². The fourth-order valence-electron chi connectivity index (χ4n) is 2.05. The van der Waals surface area contributed by atoms with Crippen molar-refractivity contribution < 1.29 is 0 Å². The summed E-state index contributed by atoms with van der Waals surface area (Å²) in [5.74, 6) is 0. The van der Waals surface area contributed by atoms with Crippen LogP contribution in [0.1, 0.15) is 35.4 Å². The summed E-state index contributed by atoms with van der Waals surface area (Å²) in [6.07, 6.45) is 1.13. The molecule has 0 aliphatic carbocycles. The normalized spacial score (nSPS) is 12.6. The Balaban J connectivity index is 2.39. The minimum Gasteiger partial charge on any atom is -0.306 e. The van der Waals surface area contributed by atoms with Crippen molar-refractivity contribution in [2.24, 2.45) is 0 Å². The molecule has 1 aromatic heterocycles. The Morgan fingerprint density at radius 2 is 2.05 bits per heavy atom. The van der Waals surface area contributed by atoms with Crippen LogP contribution in [0.2, 0.25) is 0 Å². The van der Waals surface area contributed by atoms with E-state index in [2.05, 4.69) is 80.7 Å². The molecule has 0 spiro atoms. The smallest absolute Gasteiger partial charge is 0.0596 e. The molecule has 4 heteroatoms. The van der Waals surface area contributed by atoms with E-state index in [0.717, 1.165) is 21.9 Å². The third kappa shape index (κ3) is 3.91. The average molecular weight is 403 g/mol. The molecule has 2 rings (SSSR count). The number of aryl methyl sites for hydroxylation is 1. The van der Waals surface area contributed by atoms with Crippen LogP contribution in [0, 0.1) is 6.92 Å². The van der Waals surface area contributed by atoms with Crippen molar-refractivity contribution >= 4 is 43.2 Å². The average Bonchev–Trinajstić information content (AvgIpc) is 2.80. The van der Waals surface area contributed by atoms with Gasteiger partial charge in [0.25, 0.3) is 0 Å². The Morgan fingerprint density at radius 1 is 1.26 bits per heavy atom. The molecule has 1 aromatic carbocycles. The Kier molecular flexibility index (Phi) is 5.63. The molecule has 1 nitrogen and oxygen atoms in total. The van der Waals surface area contributed by atoms with E-state index < -0.39 is 0 Å². The molecule has 1 heterocycles. The molecule has 2 aromatic rings. The molecule has 1 N–H and O–H groups in total. The van der Waals surface area contributed by atoms with Crippen molar-refractivity contribution in [2.75, 3.05) is 6.54 Å². The Bertz CT molecular complexity index is 551. The molecule has 0 aliphatic rings. The topological polar surface area (TPSA) is 12.0 Å². The highest BCUT2D eigenvalue weighted by Gasteiger charge is 2.17. The van der Waals surface area contributed by atoms with Crippen molar-refractivity contribution in [2.45, 2.75) is 26.3 Å². The van der Waals surface area contributed by atoms with Gasteiger partial charge in [-0.25, -0.2) is 0 Å². The minimum atomic E-state index is 0.247. The zero-order chi connectivity index (χ0) is 13.8. The quantitative estimate of drug-likeness (QED) is 0.679. The van der Waals surface area contributed by atoms with E-state index >= 15 is 0 Å². The zero-order valence-electron chi connectivity index (χ0n) is 11.0. The maximum atomic E-state index is 3.67. The van der Waals surface area contributed by atoms with Crippen molar-refractivity contribution in [1.29, 1.82) is 0 Å². The van der Waals surface area contributed by atoms with E-state index in [0.29, 0.717) is 0 Å². The molecule has 0 bridgehead atoms. The maximum Gasteiger partial charge on any atom is 0.0596 e. The Hall–Kier alpha value is -0.160. The third-order valence-electron chi connectivity index (χ3n) is 2.95. The molecule has 102 valence electrons. The number of halogens is 2. The summed E-state index contributed by atoms with van der Waals surface area (Å²) >= 11 is 9.04. The van der Waals surface area contributed by atoms with Gasteiger partial charge in [0.05, 0.1) is 6.04 Å². The van der Waals surface area contributed by atoms with Crippen LogP contribution in [0.4, 0.5) is 0 Å². The highest BCUT2D eigenvalue weighted by Crippen LogP contribution is 2.32. The van der Waals surface area contributed by atoms with Crippen LogP contribution in [0.3, 0.4) is 0 Å². The molecule has 0 saturated heterocycles. The maximum absolute atomic E-state index is 3.67. The van der Waals surface area contributed by atoms with Gasteiger partial charge >= 0.3 is 0 Å². The van der Waals surface area contributed by atoms with Gasteiger partial charge in [-0.3, -0.25) is 0 Å². The van der Waals surface area contributed by atoms with Gasteiger partial charge < -0.3 is 5.32 Å². The second-order valence-corrected chi connectivity index (χ2v) is 7.43. The van der Waals surface area contributed by atoms with Gasteiger partial charge in [-0.15, -0.1) is 11.3 Å². The lowest BCUT2D eigenvalue weighted by molar-refractivity contribution is 0.598. The summed E-state index contributed by atoms with van der Waals surface area (Å²) in [7, 11) is 0. The lowest BCUT2D eigenvalue weighted by atomic mass is 10.0. The van der Waals surface area contributed by atoms with Crippen LogP contribution in [0.5, 0.6) is 0 Å². The summed E-state index contributed by atoms with van der Waals surface area (Å²) in [6.45, 7) is 5.36. The molecule has 0 amide bonds. The van der Waals surface area contributed by atoms with Gasteiger partial charge in [0.2, 0.25) is 0 Å². The van der Waals surface area contributed by atoms with E-state index in [1.807, 2.05) is 0 Å². The number of benzene rings is 1. The Labute approximate surface area is 135 Å². The monoisotopic (exact) mass is 401 g/mol. The SMILES string of the molecule is CCCNC(c1csc(C)c1)c1cc(Br)ccc1Br. The summed E-state index contributed by atoms with van der Waals surface area (Å²) in [5, 5.41) is 5.89. The predicted molar refractivity (Wildman–Crippen MR) is 91.0 cm³/mol. The fourth-order valence-corrected chi connectivity index (χ4v) is 3.63. The molecule has 1 unspecified atom stereocenters. The number of rotatable bonds is 5. The van der Waals surface area contributed by atoms with Crippen LogP contribution >= 0.6 is 43.2 Å². The van der Waals surface area contributed by atoms with E-state index in [4.69, 9.17) is 0 Å². The van der Waals surface area contributed by atoms with Crippen LogP contribution in [0.25, 0.3) is 0 Å². The molecular weight excluding hydrogens is 386 g/mol. The van der Waals surface area contributed by atoms with E-state index in [1.54, 1.807) is 11.3 Å². The molecule has 0 saturated carbocycles.